The van der Waals surface area contributed by atoms with Gasteiger partial charge in [-0.3, -0.25) is 0 Å². The highest BCUT2D eigenvalue weighted by Gasteiger charge is 2.08. The van der Waals surface area contributed by atoms with Gasteiger partial charge in [-0.05, 0) is 37.1 Å². The molecule has 1 aromatic carbocycles. The number of halogens is 2. The van der Waals surface area contributed by atoms with Crippen LogP contribution in [0.2, 0.25) is 0 Å². The monoisotopic (exact) mass is 420 g/mol. The zero-order valence-electron chi connectivity index (χ0n) is 18.2. The molecule has 0 saturated carbocycles. The third-order valence-electron chi connectivity index (χ3n) is 4.86. The van der Waals surface area contributed by atoms with Gasteiger partial charge < -0.3 is 9.47 Å². The maximum absolute atomic E-state index is 13.8. The summed E-state index contributed by atoms with van der Waals surface area (Å²) in [5.41, 5.74) is 0.850. The van der Waals surface area contributed by atoms with Gasteiger partial charge in [0.05, 0.1) is 25.6 Å². The van der Waals surface area contributed by atoms with Crippen molar-refractivity contribution >= 4 is 0 Å². The Morgan fingerprint density at radius 3 is 1.93 bits per heavy atom. The van der Waals surface area contributed by atoms with Crippen molar-refractivity contribution in [3.8, 4) is 22.9 Å². The molecule has 0 aliphatic rings. The lowest BCUT2D eigenvalue weighted by Gasteiger charge is -2.10. The van der Waals surface area contributed by atoms with Gasteiger partial charge in [-0.1, -0.05) is 39.5 Å². The molecule has 0 aliphatic heterocycles. The van der Waals surface area contributed by atoms with Gasteiger partial charge in [-0.15, -0.1) is 0 Å². The van der Waals surface area contributed by atoms with Crippen molar-refractivity contribution in [1.29, 1.82) is 0 Å². The highest BCUT2D eigenvalue weighted by molar-refractivity contribution is 5.56. The van der Waals surface area contributed by atoms with E-state index in [1.807, 2.05) is 31.2 Å². The first-order chi connectivity index (χ1) is 14.6. The van der Waals surface area contributed by atoms with Gasteiger partial charge in [-0.2, -0.15) is 0 Å². The van der Waals surface area contributed by atoms with E-state index in [1.165, 1.54) is 0 Å². The van der Waals surface area contributed by atoms with Crippen LogP contribution in [0.1, 0.15) is 65.2 Å². The van der Waals surface area contributed by atoms with E-state index in [1.54, 1.807) is 12.4 Å². The first kappa shape index (κ1) is 24.0. The van der Waals surface area contributed by atoms with Gasteiger partial charge in [0.2, 0.25) is 0 Å². The molecule has 6 heteroatoms. The summed E-state index contributed by atoms with van der Waals surface area (Å²) in [6.45, 7) is 4.77. The van der Waals surface area contributed by atoms with E-state index in [9.17, 15) is 8.78 Å². The van der Waals surface area contributed by atoms with Crippen molar-refractivity contribution in [3.63, 3.8) is 0 Å². The van der Waals surface area contributed by atoms with Crippen LogP contribution in [0.4, 0.5) is 8.78 Å². The van der Waals surface area contributed by atoms with E-state index in [0.717, 1.165) is 31.2 Å². The van der Waals surface area contributed by atoms with E-state index < -0.39 is 12.3 Å². The van der Waals surface area contributed by atoms with Gasteiger partial charge in [0.1, 0.15) is 18.1 Å². The fourth-order valence-electron chi connectivity index (χ4n) is 3.07. The van der Waals surface area contributed by atoms with Crippen LogP contribution in [-0.4, -0.2) is 35.5 Å². The predicted molar refractivity (Wildman–Crippen MR) is 117 cm³/mol. The Morgan fingerprint density at radius 1 is 0.733 bits per heavy atom. The molecular weight excluding hydrogens is 386 g/mol. The molecule has 0 fully saturated rings. The Hall–Kier alpha value is -2.24. The van der Waals surface area contributed by atoms with Crippen LogP contribution in [0.5, 0.6) is 11.5 Å². The molecule has 0 radical (unpaired) electrons. The third-order valence-corrected chi connectivity index (χ3v) is 4.86. The van der Waals surface area contributed by atoms with Crippen molar-refractivity contribution in [2.24, 2.45) is 0 Å². The molecule has 2 aromatic rings. The summed E-state index contributed by atoms with van der Waals surface area (Å²) in [4.78, 5) is 8.65. The third kappa shape index (κ3) is 9.06. The lowest BCUT2D eigenvalue weighted by molar-refractivity contribution is 0.222. The molecule has 0 N–H and O–H groups in total. The number of hydrogen-bond acceptors (Lipinski definition) is 4. The molecule has 0 unspecified atom stereocenters. The summed E-state index contributed by atoms with van der Waals surface area (Å²) in [5.74, 6) is 1.80. The van der Waals surface area contributed by atoms with Crippen molar-refractivity contribution in [2.45, 2.75) is 77.6 Å². The SMILES string of the molecule is CCCCC[C@H](F)CCOc1cnc(-c2ccc(OCC[C@@H](F)CCC)cc2)nc1. The van der Waals surface area contributed by atoms with Crippen molar-refractivity contribution in [2.75, 3.05) is 13.2 Å². The number of unbranched alkanes of at least 4 members (excludes halogenated alkanes) is 2. The summed E-state index contributed by atoms with van der Waals surface area (Å²) >= 11 is 0. The van der Waals surface area contributed by atoms with Gasteiger partial charge >= 0.3 is 0 Å². The molecular formula is C24H34F2N2O2. The van der Waals surface area contributed by atoms with Crippen LogP contribution in [-0.2, 0) is 0 Å². The van der Waals surface area contributed by atoms with Crippen LogP contribution in [0, 0.1) is 0 Å². The Morgan fingerprint density at radius 2 is 1.33 bits per heavy atom. The largest absolute Gasteiger partial charge is 0.493 e. The summed E-state index contributed by atoms with van der Waals surface area (Å²) in [6, 6.07) is 7.40. The lowest BCUT2D eigenvalue weighted by atomic mass is 10.1. The van der Waals surface area contributed by atoms with E-state index in [0.29, 0.717) is 56.2 Å². The normalized spacial score (nSPS) is 13.1. The maximum Gasteiger partial charge on any atom is 0.159 e. The molecule has 2 rings (SSSR count). The van der Waals surface area contributed by atoms with E-state index in [4.69, 9.17) is 9.47 Å². The lowest BCUT2D eigenvalue weighted by Crippen LogP contribution is -2.08. The van der Waals surface area contributed by atoms with Crippen LogP contribution >= 0.6 is 0 Å². The number of nitrogens with zero attached hydrogens (tertiary/aromatic N) is 2. The van der Waals surface area contributed by atoms with Crippen LogP contribution in [0.3, 0.4) is 0 Å². The Balaban J connectivity index is 1.75. The van der Waals surface area contributed by atoms with Crippen molar-refractivity contribution < 1.29 is 18.3 Å². The highest BCUT2D eigenvalue weighted by atomic mass is 19.1. The summed E-state index contributed by atoms with van der Waals surface area (Å²) < 4.78 is 38.4. The topological polar surface area (TPSA) is 44.2 Å². The molecule has 1 heterocycles. The quantitative estimate of drug-likeness (QED) is 0.299. The zero-order chi connectivity index (χ0) is 21.6. The first-order valence-electron chi connectivity index (χ1n) is 11.1. The number of alkyl halides is 2. The van der Waals surface area contributed by atoms with E-state index in [-0.39, 0.29) is 0 Å². The summed E-state index contributed by atoms with van der Waals surface area (Å²) in [5, 5.41) is 0. The van der Waals surface area contributed by atoms with E-state index in [2.05, 4.69) is 16.9 Å². The average Bonchev–Trinajstić information content (AvgIpc) is 2.75. The second kappa shape index (κ2) is 13.9. The molecule has 4 nitrogen and oxygen atoms in total. The molecule has 0 saturated heterocycles. The molecule has 0 amide bonds. The van der Waals surface area contributed by atoms with Gasteiger partial charge in [0.15, 0.2) is 11.6 Å². The number of aromatic nitrogens is 2. The standard InChI is InChI=1S/C24H34F2N2O2/c1-3-5-6-8-21(26)14-16-30-23-17-27-24(28-18-23)19-9-11-22(12-10-19)29-15-13-20(25)7-4-2/h9-12,17-18,20-21H,3-8,13-16H2,1-2H3/t20-,21-/m0/s1. The average molecular weight is 421 g/mol. The zero-order valence-corrected chi connectivity index (χ0v) is 18.2. The molecule has 0 bridgehead atoms. The van der Waals surface area contributed by atoms with Crippen molar-refractivity contribution in [1.82, 2.24) is 9.97 Å². The fourth-order valence-corrected chi connectivity index (χ4v) is 3.07. The Bertz CT molecular complexity index is 695. The maximum atomic E-state index is 13.8. The van der Waals surface area contributed by atoms with Crippen LogP contribution in [0.25, 0.3) is 11.4 Å². The number of hydrogen-bond donors (Lipinski definition) is 0. The number of benzene rings is 1. The second-order valence-corrected chi connectivity index (χ2v) is 7.52. The van der Waals surface area contributed by atoms with Crippen molar-refractivity contribution in [3.05, 3.63) is 36.7 Å². The number of rotatable bonds is 15. The van der Waals surface area contributed by atoms with E-state index >= 15 is 0 Å². The summed E-state index contributed by atoms with van der Waals surface area (Å²) in [7, 11) is 0. The Kier molecular flexibility index (Phi) is 11.1. The first-order valence-corrected chi connectivity index (χ1v) is 11.1. The highest BCUT2D eigenvalue weighted by Crippen LogP contribution is 2.21. The Labute approximate surface area is 179 Å². The molecule has 1 aromatic heterocycles. The molecule has 2 atom stereocenters. The minimum atomic E-state index is -0.820. The number of ether oxygens (including phenoxy) is 2. The smallest absolute Gasteiger partial charge is 0.159 e. The summed E-state index contributed by atoms with van der Waals surface area (Å²) in [6.07, 6.45) is 7.48. The molecule has 30 heavy (non-hydrogen) atoms. The predicted octanol–water partition coefficient (Wildman–Crippen LogP) is 6.74. The minimum absolute atomic E-state index is 0.319. The van der Waals surface area contributed by atoms with Gasteiger partial charge in [0, 0.05) is 18.4 Å². The minimum Gasteiger partial charge on any atom is -0.493 e. The fraction of sp³-hybridized carbons (Fsp3) is 0.583. The molecule has 0 aliphatic carbocycles. The molecule has 166 valence electrons. The van der Waals surface area contributed by atoms with Crippen LogP contribution in [0.15, 0.2) is 36.7 Å². The molecule has 0 spiro atoms. The van der Waals surface area contributed by atoms with Gasteiger partial charge in [-0.25, -0.2) is 18.7 Å². The van der Waals surface area contributed by atoms with Crippen LogP contribution < -0.4 is 9.47 Å². The van der Waals surface area contributed by atoms with Gasteiger partial charge in [0.25, 0.3) is 0 Å². The second-order valence-electron chi connectivity index (χ2n) is 7.52.